The van der Waals surface area contributed by atoms with Gasteiger partial charge in [0.25, 0.3) is 11.5 Å². The molecule has 2 atom stereocenters. The SMILES string of the molecule is C[C@H](/C=C/CCn1cc(CCO)nn1)[C@@]1(O)C(=O)Nc2ccc(-n3[nH]c4ccccc4c3=O)cc21. The lowest BCUT2D eigenvalue weighted by atomic mass is 9.82. The molecule has 0 saturated heterocycles. The fourth-order valence-corrected chi connectivity index (χ4v) is 4.45. The Hall–Kier alpha value is -4.02. The molecule has 35 heavy (non-hydrogen) atoms. The molecule has 5 rings (SSSR count). The zero-order valence-corrected chi connectivity index (χ0v) is 19.2. The molecule has 2 aromatic heterocycles. The summed E-state index contributed by atoms with van der Waals surface area (Å²) in [5.74, 6) is -1.03. The Morgan fingerprint density at radius 1 is 1.20 bits per heavy atom. The molecule has 4 N–H and O–H groups in total. The summed E-state index contributed by atoms with van der Waals surface area (Å²) in [7, 11) is 0. The number of nitrogens with one attached hydrogen (secondary N) is 2. The zero-order chi connectivity index (χ0) is 24.6. The van der Waals surface area contributed by atoms with Crippen molar-refractivity contribution in [1.82, 2.24) is 24.8 Å². The van der Waals surface area contributed by atoms with E-state index >= 15 is 0 Å². The first-order chi connectivity index (χ1) is 16.9. The van der Waals surface area contributed by atoms with Crippen LogP contribution in [0.15, 0.2) is 65.6 Å². The van der Waals surface area contributed by atoms with Gasteiger partial charge in [-0.2, -0.15) is 0 Å². The summed E-state index contributed by atoms with van der Waals surface area (Å²) in [6.07, 6.45) is 6.58. The number of aryl methyl sites for hydroxylation is 1. The van der Waals surface area contributed by atoms with Crippen LogP contribution in [0.1, 0.15) is 24.6 Å². The molecule has 0 saturated carbocycles. The molecule has 0 bridgehead atoms. The first kappa shape index (κ1) is 22.8. The molecule has 0 fully saturated rings. The lowest BCUT2D eigenvalue weighted by Crippen LogP contribution is -2.39. The summed E-state index contributed by atoms with van der Waals surface area (Å²) in [5.41, 5.74) is 0.916. The second kappa shape index (κ2) is 8.97. The quantitative estimate of drug-likeness (QED) is 0.288. The van der Waals surface area contributed by atoms with Crippen LogP contribution >= 0.6 is 0 Å². The van der Waals surface area contributed by atoms with E-state index in [4.69, 9.17) is 5.11 Å². The van der Waals surface area contributed by atoms with Gasteiger partial charge in [0.2, 0.25) is 0 Å². The third-order valence-electron chi connectivity index (χ3n) is 6.42. The number of para-hydroxylation sites is 1. The van der Waals surface area contributed by atoms with Crippen molar-refractivity contribution in [2.45, 2.75) is 31.9 Å². The summed E-state index contributed by atoms with van der Waals surface area (Å²) in [6.45, 7) is 2.38. The molecule has 180 valence electrons. The number of fused-ring (bicyclic) bond motifs is 2. The fourth-order valence-electron chi connectivity index (χ4n) is 4.45. The summed E-state index contributed by atoms with van der Waals surface area (Å²) >= 11 is 0. The van der Waals surface area contributed by atoms with Crippen LogP contribution in [-0.4, -0.2) is 47.5 Å². The van der Waals surface area contributed by atoms with Crippen LogP contribution in [0.5, 0.6) is 0 Å². The largest absolute Gasteiger partial charge is 0.396 e. The molecule has 1 aliphatic rings. The van der Waals surface area contributed by atoms with Gasteiger partial charge < -0.3 is 15.5 Å². The van der Waals surface area contributed by atoms with Gasteiger partial charge in [-0.05, 0) is 36.8 Å². The molecule has 0 spiro atoms. The number of aliphatic hydroxyl groups excluding tert-OH is 1. The van der Waals surface area contributed by atoms with Crippen molar-refractivity contribution in [2.24, 2.45) is 5.92 Å². The van der Waals surface area contributed by atoms with Crippen molar-refractivity contribution in [3.05, 3.63) is 82.4 Å². The summed E-state index contributed by atoms with van der Waals surface area (Å²) in [5, 5.41) is 34.9. The van der Waals surface area contributed by atoms with E-state index in [1.54, 1.807) is 48.1 Å². The number of benzene rings is 2. The number of anilines is 1. The summed E-state index contributed by atoms with van der Waals surface area (Å²) in [6, 6.07) is 12.3. The lowest BCUT2D eigenvalue weighted by molar-refractivity contribution is -0.137. The van der Waals surface area contributed by atoms with Crippen LogP contribution in [0.4, 0.5) is 5.69 Å². The molecular weight excluding hydrogens is 448 g/mol. The standard InChI is InChI=1S/C25H26N6O4/c1-16(6-4-5-12-30-15-17(11-13-32)27-29-30)25(35)20-14-18(9-10-22(20)26-24(25)34)31-23(33)19-7-2-3-8-21(19)28-31/h2-4,6-10,14-16,28,32,35H,5,11-13H2,1H3,(H,26,34)/b6-4+/t16-,25+/m1/s1. The highest BCUT2D eigenvalue weighted by Crippen LogP contribution is 2.42. The molecule has 2 aromatic carbocycles. The van der Waals surface area contributed by atoms with Gasteiger partial charge in [-0.1, -0.05) is 36.4 Å². The highest BCUT2D eigenvalue weighted by atomic mass is 16.3. The number of hydrogen-bond acceptors (Lipinski definition) is 6. The first-order valence-corrected chi connectivity index (χ1v) is 11.5. The van der Waals surface area contributed by atoms with E-state index in [2.05, 4.69) is 20.7 Å². The van der Waals surface area contributed by atoms with Crippen LogP contribution in [0.3, 0.4) is 0 Å². The summed E-state index contributed by atoms with van der Waals surface area (Å²) in [4.78, 5) is 25.7. The smallest absolute Gasteiger partial charge is 0.279 e. The third kappa shape index (κ3) is 3.96. The third-order valence-corrected chi connectivity index (χ3v) is 6.42. The highest BCUT2D eigenvalue weighted by Gasteiger charge is 2.48. The van der Waals surface area contributed by atoms with Crippen LogP contribution in [0.2, 0.25) is 0 Å². The van der Waals surface area contributed by atoms with Crippen molar-refractivity contribution >= 4 is 22.5 Å². The molecule has 4 aromatic rings. The maximum absolute atomic E-state index is 12.9. The summed E-state index contributed by atoms with van der Waals surface area (Å²) < 4.78 is 3.11. The minimum Gasteiger partial charge on any atom is -0.396 e. The van der Waals surface area contributed by atoms with E-state index in [0.717, 1.165) is 5.69 Å². The highest BCUT2D eigenvalue weighted by molar-refractivity contribution is 6.05. The van der Waals surface area contributed by atoms with E-state index in [1.165, 1.54) is 4.68 Å². The Kier molecular flexibility index (Phi) is 5.83. The maximum atomic E-state index is 12.9. The van der Waals surface area contributed by atoms with Crippen molar-refractivity contribution in [2.75, 3.05) is 11.9 Å². The number of amides is 1. The zero-order valence-electron chi connectivity index (χ0n) is 19.2. The predicted octanol–water partition coefficient (Wildman–Crippen LogP) is 1.87. The Bertz CT molecular complexity index is 1480. The number of H-pyrrole nitrogens is 1. The van der Waals surface area contributed by atoms with Crippen LogP contribution in [0.25, 0.3) is 16.6 Å². The van der Waals surface area contributed by atoms with Crippen molar-refractivity contribution in [3.8, 4) is 5.69 Å². The van der Waals surface area contributed by atoms with Gasteiger partial charge in [-0.25, -0.2) is 4.68 Å². The number of nitrogens with zero attached hydrogens (tertiary/aromatic N) is 4. The van der Waals surface area contributed by atoms with Gasteiger partial charge in [0.05, 0.1) is 22.3 Å². The first-order valence-electron chi connectivity index (χ1n) is 11.5. The number of aliphatic hydroxyl groups is 2. The van der Waals surface area contributed by atoms with Crippen molar-refractivity contribution in [3.63, 3.8) is 0 Å². The molecule has 10 heteroatoms. The molecule has 0 radical (unpaired) electrons. The van der Waals surface area contributed by atoms with E-state index < -0.39 is 17.4 Å². The fraction of sp³-hybridized carbons (Fsp3) is 0.280. The Balaban J connectivity index is 1.38. The minimum atomic E-state index is -1.78. The van der Waals surface area contributed by atoms with Gasteiger partial charge >= 0.3 is 0 Å². The maximum Gasteiger partial charge on any atom is 0.279 e. The normalized spacial score (nSPS) is 18.3. The predicted molar refractivity (Wildman–Crippen MR) is 130 cm³/mol. The van der Waals surface area contributed by atoms with E-state index in [0.29, 0.717) is 47.2 Å². The molecule has 10 nitrogen and oxygen atoms in total. The van der Waals surface area contributed by atoms with Crippen LogP contribution < -0.4 is 10.9 Å². The molecule has 1 aliphatic heterocycles. The van der Waals surface area contributed by atoms with Crippen molar-refractivity contribution in [1.29, 1.82) is 0 Å². The van der Waals surface area contributed by atoms with Gasteiger partial charge in [-0.3, -0.25) is 19.4 Å². The number of aromatic amines is 1. The van der Waals surface area contributed by atoms with Gasteiger partial charge in [0.15, 0.2) is 5.60 Å². The topological polar surface area (TPSA) is 138 Å². The van der Waals surface area contributed by atoms with Crippen molar-refractivity contribution < 1.29 is 15.0 Å². The monoisotopic (exact) mass is 474 g/mol. The Labute approximate surface area is 200 Å². The van der Waals surface area contributed by atoms with E-state index in [9.17, 15) is 14.7 Å². The molecule has 1 amide bonds. The van der Waals surface area contributed by atoms with Crippen LogP contribution in [-0.2, 0) is 23.4 Å². The Morgan fingerprint density at radius 2 is 2.03 bits per heavy atom. The number of carbonyl (C=O) groups is 1. The molecule has 0 aliphatic carbocycles. The number of allylic oxidation sites excluding steroid dienone is 1. The number of hydrogen-bond donors (Lipinski definition) is 4. The number of aromatic nitrogens is 5. The van der Waals surface area contributed by atoms with Gasteiger partial charge in [-0.15, -0.1) is 5.10 Å². The molecule has 0 unspecified atom stereocenters. The van der Waals surface area contributed by atoms with Gasteiger partial charge in [0, 0.05) is 42.9 Å². The number of carbonyl (C=O) groups excluding carboxylic acids is 1. The Morgan fingerprint density at radius 3 is 2.83 bits per heavy atom. The second-order valence-electron chi connectivity index (χ2n) is 8.70. The molecular formula is C25H26N6O4. The van der Waals surface area contributed by atoms with Crippen LogP contribution in [0, 0.1) is 5.92 Å². The number of rotatable bonds is 8. The van der Waals surface area contributed by atoms with E-state index in [1.807, 2.05) is 24.3 Å². The second-order valence-corrected chi connectivity index (χ2v) is 8.70. The van der Waals surface area contributed by atoms with Gasteiger partial charge in [0.1, 0.15) is 0 Å². The van der Waals surface area contributed by atoms with E-state index in [-0.39, 0.29) is 12.2 Å². The minimum absolute atomic E-state index is 0.0227. The lowest BCUT2D eigenvalue weighted by Gasteiger charge is -2.26. The average molecular weight is 475 g/mol. The average Bonchev–Trinajstić information content (AvgIpc) is 3.52. The molecule has 3 heterocycles.